The molecule has 0 saturated heterocycles. The Balaban J connectivity index is 2.22. The van der Waals surface area contributed by atoms with Crippen LogP contribution in [0.1, 0.15) is 36.7 Å². The van der Waals surface area contributed by atoms with Gasteiger partial charge in [-0.05, 0) is 56.7 Å². The van der Waals surface area contributed by atoms with Gasteiger partial charge >= 0.3 is 0 Å². The molecule has 0 saturated carbocycles. The Morgan fingerprint density at radius 2 is 1.47 bits per heavy atom. The molecule has 0 bridgehead atoms. The van der Waals surface area contributed by atoms with E-state index in [0.717, 1.165) is 5.56 Å². The number of methoxy groups -OCH3 is 2. The lowest BCUT2D eigenvalue weighted by atomic mass is 10.1. The third kappa shape index (κ3) is 5.79. The largest absolute Gasteiger partial charge is 0.493 e. The van der Waals surface area contributed by atoms with Crippen molar-refractivity contribution < 1.29 is 28.5 Å². The summed E-state index contributed by atoms with van der Waals surface area (Å²) in [6.07, 6.45) is 1.52. The highest BCUT2D eigenvalue weighted by molar-refractivity contribution is 5.96. The lowest BCUT2D eigenvalue weighted by Gasteiger charge is -2.16. The summed E-state index contributed by atoms with van der Waals surface area (Å²) in [4.78, 5) is 12.6. The molecule has 2 aromatic rings. The lowest BCUT2D eigenvalue weighted by molar-refractivity contribution is 0.0954. The number of nitrogens with zero attached hydrogens (tertiary/aromatic N) is 1. The van der Waals surface area contributed by atoms with E-state index in [0.29, 0.717) is 54.1 Å². The predicted octanol–water partition coefficient (Wildman–Crippen LogP) is 3.66. The van der Waals surface area contributed by atoms with Crippen LogP contribution in [0.4, 0.5) is 0 Å². The maximum atomic E-state index is 12.6. The zero-order chi connectivity index (χ0) is 21.9. The quantitative estimate of drug-likeness (QED) is 0.444. The third-order valence-corrected chi connectivity index (χ3v) is 3.96. The topological polar surface area (TPSA) is 87.6 Å². The summed E-state index contributed by atoms with van der Waals surface area (Å²) in [5.41, 5.74) is 3.59. The molecule has 8 nitrogen and oxygen atoms in total. The minimum atomic E-state index is -0.406. The van der Waals surface area contributed by atoms with Crippen LogP contribution in [0.15, 0.2) is 35.4 Å². The smallest absolute Gasteiger partial charge is 0.271 e. The number of hydrogen-bond acceptors (Lipinski definition) is 7. The first kappa shape index (κ1) is 22.9. The molecule has 0 aliphatic carbocycles. The molecule has 1 amide bonds. The zero-order valence-corrected chi connectivity index (χ0v) is 18.0. The van der Waals surface area contributed by atoms with Gasteiger partial charge in [0.05, 0.1) is 40.3 Å². The lowest BCUT2D eigenvalue weighted by Crippen LogP contribution is -2.18. The molecule has 0 unspecified atom stereocenters. The fourth-order valence-electron chi connectivity index (χ4n) is 2.68. The summed E-state index contributed by atoms with van der Waals surface area (Å²) in [7, 11) is 3.12. The number of nitrogens with one attached hydrogen (secondary N) is 1. The van der Waals surface area contributed by atoms with Gasteiger partial charge in [0.15, 0.2) is 23.0 Å². The molecule has 2 rings (SSSR count). The first-order valence-corrected chi connectivity index (χ1v) is 9.69. The second-order valence-corrected chi connectivity index (χ2v) is 5.91. The summed E-state index contributed by atoms with van der Waals surface area (Å²) in [6.45, 7) is 6.88. The monoisotopic (exact) mass is 416 g/mol. The van der Waals surface area contributed by atoms with Crippen LogP contribution in [0, 0.1) is 0 Å². The Morgan fingerprint density at radius 3 is 2.00 bits per heavy atom. The van der Waals surface area contributed by atoms with Gasteiger partial charge in [0.2, 0.25) is 5.75 Å². The molecule has 0 heterocycles. The highest BCUT2D eigenvalue weighted by Gasteiger charge is 2.18. The Hall–Kier alpha value is -3.42. The second-order valence-electron chi connectivity index (χ2n) is 5.91. The van der Waals surface area contributed by atoms with E-state index in [4.69, 9.17) is 23.7 Å². The van der Waals surface area contributed by atoms with Crippen molar-refractivity contribution in [3.63, 3.8) is 0 Å². The van der Waals surface area contributed by atoms with E-state index in [1.807, 2.05) is 20.8 Å². The number of ether oxygens (including phenoxy) is 5. The Morgan fingerprint density at radius 1 is 0.867 bits per heavy atom. The Kier molecular flexibility index (Phi) is 8.80. The molecule has 30 heavy (non-hydrogen) atoms. The van der Waals surface area contributed by atoms with E-state index < -0.39 is 5.91 Å². The van der Waals surface area contributed by atoms with E-state index in [2.05, 4.69) is 10.5 Å². The van der Waals surface area contributed by atoms with Gasteiger partial charge in [0, 0.05) is 5.56 Å². The SMILES string of the molecule is CCOc1cc(C(=O)N/N=C/c2ccc(OC)c(OC)c2)cc(OCC)c1OCC. The van der Waals surface area contributed by atoms with Crippen LogP contribution in [-0.4, -0.2) is 46.2 Å². The van der Waals surface area contributed by atoms with Gasteiger partial charge < -0.3 is 23.7 Å². The van der Waals surface area contributed by atoms with E-state index in [-0.39, 0.29) is 0 Å². The van der Waals surface area contributed by atoms with E-state index in [1.54, 1.807) is 44.6 Å². The number of hydrogen-bond donors (Lipinski definition) is 1. The summed E-state index contributed by atoms with van der Waals surface area (Å²) >= 11 is 0. The standard InChI is InChI=1S/C22H28N2O6/c1-6-28-19-12-16(13-20(29-7-2)21(19)30-8-3)22(25)24-23-14-15-9-10-17(26-4)18(11-15)27-5/h9-14H,6-8H2,1-5H3,(H,24,25)/b23-14+. The van der Waals surface area contributed by atoms with Crippen molar-refractivity contribution in [3.05, 3.63) is 41.5 Å². The van der Waals surface area contributed by atoms with Crippen LogP contribution in [0.2, 0.25) is 0 Å². The number of carbonyl (C=O) groups excluding carboxylic acids is 1. The minimum Gasteiger partial charge on any atom is -0.493 e. The molecule has 162 valence electrons. The molecule has 1 N–H and O–H groups in total. The molecule has 8 heteroatoms. The van der Waals surface area contributed by atoms with Crippen LogP contribution in [0.3, 0.4) is 0 Å². The van der Waals surface area contributed by atoms with Crippen molar-refractivity contribution in [3.8, 4) is 28.7 Å². The van der Waals surface area contributed by atoms with Crippen LogP contribution in [0.25, 0.3) is 0 Å². The third-order valence-electron chi connectivity index (χ3n) is 3.96. The predicted molar refractivity (Wildman–Crippen MR) is 115 cm³/mol. The molecular weight excluding hydrogens is 388 g/mol. The highest BCUT2D eigenvalue weighted by atomic mass is 16.5. The van der Waals surface area contributed by atoms with Crippen molar-refractivity contribution in [1.82, 2.24) is 5.43 Å². The van der Waals surface area contributed by atoms with Gasteiger partial charge in [-0.2, -0.15) is 5.10 Å². The summed E-state index contributed by atoms with van der Waals surface area (Å²) in [6, 6.07) is 8.54. The highest BCUT2D eigenvalue weighted by Crippen LogP contribution is 2.39. The molecule has 0 aliphatic rings. The van der Waals surface area contributed by atoms with Crippen molar-refractivity contribution in [1.29, 1.82) is 0 Å². The van der Waals surface area contributed by atoms with Gasteiger partial charge in [0.25, 0.3) is 5.91 Å². The number of rotatable bonds is 11. The van der Waals surface area contributed by atoms with Gasteiger partial charge in [-0.15, -0.1) is 0 Å². The summed E-state index contributed by atoms with van der Waals surface area (Å²) < 4.78 is 27.4. The first-order valence-electron chi connectivity index (χ1n) is 9.69. The maximum Gasteiger partial charge on any atom is 0.271 e. The number of hydrazone groups is 1. The minimum absolute atomic E-state index is 0.342. The number of benzene rings is 2. The Bertz CT molecular complexity index is 855. The molecule has 0 aliphatic heterocycles. The first-order chi connectivity index (χ1) is 14.6. The van der Waals surface area contributed by atoms with Crippen molar-refractivity contribution >= 4 is 12.1 Å². The molecule has 0 spiro atoms. The van der Waals surface area contributed by atoms with E-state index in [9.17, 15) is 4.79 Å². The molecule has 0 radical (unpaired) electrons. The van der Waals surface area contributed by atoms with Crippen molar-refractivity contribution in [2.45, 2.75) is 20.8 Å². The maximum absolute atomic E-state index is 12.6. The Labute approximate surface area is 176 Å². The molecular formula is C22H28N2O6. The van der Waals surface area contributed by atoms with Crippen LogP contribution >= 0.6 is 0 Å². The van der Waals surface area contributed by atoms with Crippen LogP contribution < -0.4 is 29.1 Å². The second kappa shape index (κ2) is 11.5. The normalized spacial score (nSPS) is 10.6. The number of amides is 1. The van der Waals surface area contributed by atoms with Gasteiger partial charge in [-0.1, -0.05) is 0 Å². The van der Waals surface area contributed by atoms with Crippen LogP contribution in [-0.2, 0) is 0 Å². The summed E-state index contributed by atoms with van der Waals surface area (Å²) in [5.74, 6) is 2.14. The van der Waals surface area contributed by atoms with Crippen LogP contribution in [0.5, 0.6) is 28.7 Å². The molecule has 2 aromatic carbocycles. The zero-order valence-electron chi connectivity index (χ0n) is 18.0. The number of carbonyl (C=O) groups is 1. The van der Waals surface area contributed by atoms with Gasteiger partial charge in [-0.25, -0.2) is 5.43 Å². The van der Waals surface area contributed by atoms with E-state index >= 15 is 0 Å². The molecule has 0 aromatic heterocycles. The van der Waals surface area contributed by atoms with Crippen molar-refractivity contribution in [2.24, 2.45) is 5.10 Å². The average molecular weight is 416 g/mol. The average Bonchev–Trinajstić information content (AvgIpc) is 2.75. The van der Waals surface area contributed by atoms with Gasteiger partial charge in [0.1, 0.15) is 0 Å². The molecule has 0 atom stereocenters. The fraction of sp³-hybridized carbons (Fsp3) is 0.364. The molecule has 0 fully saturated rings. The fourth-order valence-corrected chi connectivity index (χ4v) is 2.68. The van der Waals surface area contributed by atoms with Crippen molar-refractivity contribution in [2.75, 3.05) is 34.0 Å². The summed E-state index contributed by atoms with van der Waals surface area (Å²) in [5, 5.41) is 4.03. The van der Waals surface area contributed by atoms with Gasteiger partial charge in [-0.3, -0.25) is 4.79 Å². The van der Waals surface area contributed by atoms with E-state index in [1.165, 1.54) is 6.21 Å².